The zero-order valence-electron chi connectivity index (χ0n) is 19.5. The molecule has 2 aromatic carbocycles. The Balaban J connectivity index is 1.26. The monoisotopic (exact) mass is 474 g/mol. The van der Waals surface area contributed by atoms with Gasteiger partial charge in [0.2, 0.25) is 0 Å². The third kappa shape index (κ3) is 4.03. The Morgan fingerprint density at radius 3 is 2.34 bits per heavy atom. The van der Waals surface area contributed by atoms with Crippen molar-refractivity contribution in [3.8, 4) is 11.1 Å². The van der Waals surface area contributed by atoms with Crippen molar-refractivity contribution in [1.29, 1.82) is 0 Å². The molecule has 1 fully saturated rings. The number of rotatable bonds is 5. The van der Waals surface area contributed by atoms with Gasteiger partial charge in [0.05, 0.1) is 0 Å². The largest absolute Gasteiger partial charge is 0.480 e. The summed E-state index contributed by atoms with van der Waals surface area (Å²) >= 11 is 0. The normalized spacial score (nSPS) is 18.7. The molecule has 2 atom stereocenters. The van der Waals surface area contributed by atoms with Gasteiger partial charge in [0.25, 0.3) is 5.91 Å². The van der Waals surface area contributed by atoms with E-state index in [1.165, 1.54) is 15.6 Å². The summed E-state index contributed by atoms with van der Waals surface area (Å²) in [4.78, 5) is 38.5. The Morgan fingerprint density at radius 2 is 1.71 bits per heavy atom. The first kappa shape index (κ1) is 22.6. The molecule has 1 aromatic heterocycles. The van der Waals surface area contributed by atoms with E-state index in [0.717, 1.165) is 22.3 Å². The van der Waals surface area contributed by atoms with Gasteiger partial charge < -0.3 is 14.7 Å². The minimum atomic E-state index is -1.03. The second kappa shape index (κ2) is 8.90. The van der Waals surface area contributed by atoms with E-state index in [9.17, 15) is 19.5 Å². The highest BCUT2D eigenvalue weighted by Crippen LogP contribution is 2.44. The van der Waals surface area contributed by atoms with Crippen LogP contribution < -0.4 is 5.32 Å². The minimum Gasteiger partial charge on any atom is -0.480 e. The fourth-order valence-electron chi connectivity index (χ4n) is 5.13. The molecule has 0 radical (unpaired) electrons. The van der Waals surface area contributed by atoms with Crippen LogP contribution in [0, 0.1) is 5.92 Å². The number of carbonyl (C=O) groups is 3. The van der Waals surface area contributed by atoms with Crippen LogP contribution in [0.25, 0.3) is 11.1 Å². The summed E-state index contributed by atoms with van der Waals surface area (Å²) < 4.78 is 6.93. The lowest BCUT2D eigenvalue weighted by molar-refractivity contribution is -0.142. The number of amides is 2. The maximum absolute atomic E-state index is 12.9. The average Bonchev–Trinajstić information content (AvgIpc) is 3.51. The van der Waals surface area contributed by atoms with Crippen molar-refractivity contribution in [2.45, 2.75) is 25.3 Å². The van der Waals surface area contributed by atoms with Crippen LogP contribution >= 0.6 is 0 Å². The van der Waals surface area contributed by atoms with Gasteiger partial charge in [0.15, 0.2) is 5.69 Å². The molecule has 2 aliphatic rings. The van der Waals surface area contributed by atoms with Crippen LogP contribution in [0.4, 0.5) is 10.6 Å². The van der Waals surface area contributed by atoms with Crippen molar-refractivity contribution in [2.75, 3.05) is 18.5 Å². The minimum absolute atomic E-state index is 0.0677. The highest BCUT2D eigenvalue weighted by Gasteiger charge is 2.40. The lowest BCUT2D eigenvalue weighted by atomic mass is 9.98. The predicted octanol–water partition coefficient (Wildman–Crippen LogP) is 3.72. The first-order valence-electron chi connectivity index (χ1n) is 11.5. The molecule has 1 aliphatic carbocycles. The van der Waals surface area contributed by atoms with Gasteiger partial charge >= 0.3 is 12.1 Å². The van der Waals surface area contributed by atoms with Crippen LogP contribution in [-0.2, 0) is 16.6 Å². The second-order valence-electron chi connectivity index (χ2n) is 9.04. The fraction of sp³-hybridized carbons (Fsp3) is 0.308. The lowest BCUT2D eigenvalue weighted by Crippen LogP contribution is -2.42. The number of carbonyl (C=O) groups excluding carboxylic acids is 2. The third-order valence-electron chi connectivity index (χ3n) is 6.89. The fourth-order valence-corrected chi connectivity index (χ4v) is 5.13. The van der Waals surface area contributed by atoms with E-state index in [-0.39, 0.29) is 30.0 Å². The highest BCUT2D eigenvalue weighted by molar-refractivity contribution is 5.97. The average molecular weight is 475 g/mol. The van der Waals surface area contributed by atoms with E-state index in [1.54, 1.807) is 7.05 Å². The maximum Gasteiger partial charge on any atom is 0.412 e. The number of carboxylic acids is 1. The zero-order chi connectivity index (χ0) is 24.7. The van der Waals surface area contributed by atoms with E-state index in [2.05, 4.69) is 22.5 Å². The summed E-state index contributed by atoms with van der Waals surface area (Å²) in [5.74, 6) is -1.43. The number of fused-ring (bicyclic) bond motifs is 3. The quantitative estimate of drug-likeness (QED) is 0.583. The summed E-state index contributed by atoms with van der Waals surface area (Å²) in [6, 6.07) is 16.7. The summed E-state index contributed by atoms with van der Waals surface area (Å²) in [5.41, 5.74) is 4.58. The van der Waals surface area contributed by atoms with Crippen LogP contribution in [0.5, 0.6) is 0 Å². The first-order chi connectivity index (χ1) is 16.8. The van der Waals surface area contributed by atoms with E-state index >= 15 is 0 Å². The van der Waals surface area contributed by atoms with E-state index in [0.29, 0.717) is 13.0 Å². The number of hydrogen-bond acceptors (Lipinski definition) is 5. The van der Waals surface area contributed by atoms with Gasteiger partial charge in [0.1, 0.15) is 18.5 Å². The molecule has 35 heavy (non-hydrogen) atoms. The van der Waals surface area contributed by atoms with Gasteiger partial charge in [0, 0.05) is 25.6 Å². The van der Waals surface area contributed by atoms with Gasteiger partial charge in [-0.3, -0.25) is 14.8 Å². The zero-order valence-corrected chi connectivity index (χ0v) is 19.5. The molecule has 2 N–H and O–H groups in total. The number of anilines is 1. The Morgan fingerprint density at radius 1 is 1.09 bits per heavy atom. The van der Waals surface area contributed by atoms with Crippen molar-refractivity contribution in [1.82, 2.24) is 14.7 Å². The number of nitrogens with one attached hydrogen (secondary N) is 1. The molecule has 2 amide bonds. The molecular formula is C26H26N4O5. The first-order valence-corrected chi connectivity index (χ1v) is 11.5. The number of aryl methyl sites for hydroxylation is 1. The molecule has 9 nitrogen and oxygen atoms in total. The smallest absolute Gasteiger partial charge is 0.412 e. The van der Waals surface area contributed by atoms with Crippen molar-refractivity contribution < 1.29 is 24.2 Å². The number of aromatic nitrogens is 2. The molecule has 2 unspecified atom stereocenters. The van der Waals surface area contributed by atoms with Crippen LogP contribution in [0.1, 0.15) is 40.9 Å². The van der Waals surface area contributed by atoms with Gasteiger partial charge in [-0.2, -0.15) is 5.10 Å². The molecular weight excluding hydrogens is 448 g/mol. The molecule has 1 aliphatic heterocycles. The molecule has 0 bridgehead atoms. The molecule has 3 aromatic rings. The Hall–Kier alpha value is -4.14. The summed E-state index contributed by atoms with van der Waals surface area (Å²) in [7, 11) is 1.59. The number of likely N-dealkylation sites (tertiary alicyclic amines) is 1. The van der Waals surface area contributed by atoms with Crippen molar-refractivity contribution >= 4 is 23.8 Å². The Labute approximate surface area is 202 Å². The highest BCUT2D eigenvalue weighted by atomic mass is 16.5. The molecule has 5 rings (SSSR count). The molecule has 2 heterocycles. The summed E-state index contributed by atoms with van der Waals surface area (Å²) in [6.45, 7) is 2.33. The third-order valence-corrected chi connectivity index (χ3v) is 6.89. The number of hydrogen-bond donors (Lipinski definition) is 2. The molecule has 180 valence electrons. The lowest BCUT2D eigenvalue weighted by Gasteiger charge is -2.22. The maximum atomic E-state index is 12.9. The van der Waals surface area contributed by atoms with Gasteiger partial charge in [-0.05, 0) is 34.6 Å². The standard InChI is InChI=1S/C26H26N4O5/c1-15-11-12-30(23(15)25(32)33)24(31)21-13-22(29(2)28-21)27-26(34)35-14-20-18-9-5-3-7-16(18)17-8-4-6-10-19(17)20/h3-10,13,15,20,23H,11-12,14H2,1-2H3,(H,27,34)(H,32,33). The predicted molar refractivity (Wildman–Crippen MR) is 128 cm³/mol. The van der Waals surface area contributed by atoms with Crippen LogP contribution in [0.15, 0.2) is 54.6 Å². The SMILES string of the molecule is CC1CCN(C(=O)c2cc(NC(=O)OCC3c4ccccc4-c4ccccc43)n(C)n2)C1C(=O)O. The van der Waals surface area contributed by atoms with E-state index < -0.39 is 24.0 Å². The summed E-state index contributed by atoms with van der Waals surface area (Å²) in [5, 5.41) is 16.3. The topological polar surface area (TPSA) is 114 Å². The number of nitrogens with zero attached hydrogens (tertiary/aromatic N) is 3. The molecule has 0 spiro atoms. The van der Waals surface area contributed by atoms with Crippen molar-refractivity contribution in [2.24, 2.45) is 13.0 Å². The van der Waals surface area contributed by atoms with Crippen molar-refractivity contribution in [3.63, 3.8) is 0 Å². The number of ether oxygens (including phenoxy) is 1. The molecule has 0 saturated carbocycles. The number of benzene rings is 2. The second-order valence-corrected chi connectivity index (χ2v) is 9.04. The Kier molecular flexibility index (Phi) is 5.76. The molecule has 9 heteroatoms. The van der Waals surface area contributed by atoms with Crippen LogP contribution in [0.2, 0.25) is 0 Å². The number of carboxylic acid groups (broad SMARTS) is 1. The van der Waals surface area contributed by atoms with Crippen LogP contribution in [-0.4, -0.2) is 57.0 Å². The van der Waals surface area contributed by atoms with Gasteiger partial charge in [-0.25, -0.2) is 9.59 Å². The number of aliphatic carboxylic acids is 1. The van der Waals surface area contributed by atoms with E-state index in [1.807, 2.05) is 43.3 Å². The van der Waals surface area contributed by atoms with E-state index in [4.69, 9.17) is 4.74 Å². The summed E-state index contributed by atoms with van der Waals surface area (Å²) in [6.07, 6.45) is -0.0486. The van der Waals surface area contributed by atoms with Gasteiger partial charge in [-0.15, -0.1) is 0 Å². The van der Waals surface area contributed by atoms with Gasteiger partial charge in [-0.1, -0.05) is 55.5 Å². The van der Waals surface area contributed by atoms with Crippen molar-refractivity contribution in [3.05, 3.63) is 71.4 Å². The molecule has 1 saturated heterocycles. The Bertz CT molecular complexity index is 1270. The van der Waals surface area contributed by atoms with Crippen LogP contribution in [0.3, 0.4) is 0 Å².